The van der Waals surface area contributed by atoms with Crippen LogP contribution in [-0.2, 0) is 16.1 Å². The average Bonchev–Trinajstić information content (AvgIpc) is 3.30. The SMILES string of the molecule is O=C(CCn1cccc1)NC1CC(n2cc(C3CCCO3)nn2)C1. The molecule has 1 saturated carbocycles. The lowest BCUT2D eigenvalue weighted by atomic mass is 9.86. The van der Waals surface area contributed by atoms with Gasteiger partial charge in [-0.05, 0) is 37.8 Å². The standard InChI is InChI=1S/C17H23N5O2/c23-17(5-8-21-6-1-2-7-21)18-13-10-14(11-13)22-12-15(19-20-22)16-4-3-9-24-16/h1-2,6-7,12-14,16H,3-5,8-11H2,(H,18,23). The second kappa shape index (κ2) is 6.76. The van der Waals surface area contributed by atoms with Gasteiger partial charge >= 0.3 is 0 Å². The van der Waals surface area contributed by atoms with Crippen LogP contribution in [0.15, 0.2) is 30.7 Å². The number of nitrogens with one attached hydrogen (secondary N) is 1. The van der Waals surface area contributed by atoms with Crippen LogP contribution < -0.4 is 5.32 Å². The fraction of sp³-hybridized carbons (Fsp3) is 0.588. The summed E-state index contributed by atoms with van der Waals surface area (Å²) in [5.74, 6) is 0.116. The molecule has 1 saturated heterocycles. The zero-order valence-electron chi connectivity index (χ0n) is 13.7. The molecule has 1 aliphatic heterocycles. The maximum atomic E-state index is 12.0. The third kappa shape index (κ3) is 3.36. The molecule has 7 heteroatoms. The van der Waals surface area contributed by atoms with Gasteiger partial charge in [-0.25, -0.2) is 4.68 Å². The van der Waals surface area contributed by atoms with Gasteiger partial charge in [-0.3, -0.25) is 4.79 Å². The molecule has 0 bridgehead atoms. The Labute approximate surface area is 141 Å². The highest BCUT2D eigenvalue weighted by molar-refractivity contribution is 5.76. The molecule has 2 aliphatic rings. The number of aromatic nitrogens is 4. The van der Waals surface area contributed by atoms with Crippen molar-refractivity contribution in [3.8, 4) is 0 Å². The molecule has 4 rings (SSSR count). The van der Waals surface area contributed by atoms with Crippen molar-refractivity contribution in [1.29, 1.82) is 0 Å². The van der Waals surface area contributed by atoms with Crippen molar-refractivity contribution in [2.24, 2.45) is 0 Å². The summed E-state index contributed by atoms with van der Waals surface area (Å²) in [7, 11) is 0. The lowest BCUT2D eigenvalue weighted by Gasteiger charge is -2.35. The summed E-state index contributed by atoms with van der Waals surface area (Å²) < 4.78 is 9.59. The van der Waals surface area contributed by atoms with Crippen LogP contribution in [0.3, 0.4) is 0 Å². The number of carbonyl (C=O) groups excluding carboxylic acids is 1. The van der Waals surface area contributed by atoms with Crippen LogP contribution in [0.4, 0.5) is 0 Å². The number of aryl methyl sites for hydroxylation is 1. The van der Waals surface area contributed by atoms with Crippen LogP contribution in [0.1, 0.15) is 49.9 Å². The van der Waals surface area contributed by atoms with Gasteiger partial charge in [0, 0.05) is 38.0 Å². The zero-order valence-corrected chi connectivity index (χ0v) is 13.7. The predicted octanol–water partition coefficient (Wildman–Crippen LogP) is 1.84. The van der Waals surface area contributed by atoms with E-state index < -0.39 is 0 Å². The van der Waals surface area contributed by atoms with Gasteiger partial charge in [0.2, 0.25) is 5.91 Å². The summed E-state index contributed by atoms with van der Waals surface area (Å²) in [6, 6.07) is 4.53. The number of carbonyl (C=O) groups is 1. The topological polar surface area (TPSA) is 74.0 Å². The van der Waals surface area contributed by atoms with Crippen LogP contribution in [0.5, 0.6) is 0 Å². The minimum Gasteiger partial charge on any atom is -0.372 e. The second-order valence-electron chi connectivity index (χ2n) is 6.69. The normalized spacial score (nSPS) is 26.2. The average molecular weight is 329 g/mol. The fourth-order valence-electron chi connectivity index (χ4n) is 3.40. The van der Waals surface area contributed by atoms with E-state index in [2.05, 4.69) is 15.6 Å². The Morgan fingerprint density at radius 3 is 2.92 bits per heavy atom. The van der Waals surface area contributed by atoms with E-state index >= 15 is 0 Å². The zero-order chi connectivity index (χ0) is 16.4. The predicted molar refractivity (Wildman–Crippen MR) is 87.2 cm³/mol. The first-order chi connectivity index (χ1) is 11.8. The summed E-state index contributed by atoms with van der Waals surface area (Å²) in [5, 5.41) is 11.6. The molecule has 1 aliphatic carbocycles. The number of hydrogen-bond donors (Lipinski definition) is 1. The Hall–Kier alpha value is -2.15. The minimum atomic E-state index is 0.114. The fourth-order valence-corrected chi connectivity index (χ4v) is 3.40. The molecule has 3 heterocycles. The molecule has 0 radical (unpaired) electrons. The van der Waals surface area contributed by atoms with Crippen molar-refractivity contribution in [3.05, 3.63) is 36.4 Å². The van der Waals surface area contributed by atoms with Gasteiger partial charge in [0.15, 0.2) is 0 Å². The molecule has 7 nitrogen and oxygen atoms in total. The van der Waals surface area contributed by atoms with E-state index in [4.69, 9.17) is 4.74 Å². The Bertz CT molecular complexity index is 669. The van der Waals surface area contributed by atoms with Gasteiger partial charge < -0.3 is 14.6 Å². The third-order valence-corrected chi connectivity index (χ3v) is 4.90. The van der Waals surface area contributed by atoms with Crippen molar-refractivity contribution >= 4 is 5.91 Å². The molecule has 1 amide bonds. The van der Waals surface area contributed by atoms with Crippen molar-refractivity contribution in [1.82, 2.24) is 24.9 Å². The van der Waals surface area contributed by atoms with E-state index in [1.165, 1.54) is 0 Å². The highest BCUT2D eigenvalue weighted by Crippen LogP contribution is 2.33. The van der Waals surface area contributed by atoms with Crippen molar-refractivity contribution in [3.63, 3.8) is 0 Å². The molecule has 2 aromatic heterocycles. The number of ether oxygens (including phenoxy) is 1. The lowest BCUT2D eigenvalue weighted by molar-refractivity contribution is -0.122. The monoisotopic (exact) mass is 329 g/mol. The second-order valence-corrected chi connectivity index (χ2v) is 6.69. The number of hydrogen-bond acceptors (Lipinski definition) is 4. The van der Waals surface area contributed by atoms with E-state index in [0.717, 1.165) is 44.5 Å². The molecule has 24 heavy (non-hydrogen) atoms. The van der Waals surface area contributed by atoms with E-state index in [-0.39, 0.29) is 18.1 Å². The van der Waals surface area contributed by atoms with Gasteiger partial charge in [-0.2, -0.15) is 0 Å². The van der Waals surface area contributed by atoms with Crippen molar-refractivity contribution in [2.45, 2.75) is 56.8 Å². The molecular weight excluding hydrogens is 306 g/mol. The Morgan fingerprint density at radius 1 is 1.33 bits per heavy atom. The first-order valence-corrected chi connectivity index (χ1v) is 8.71. The maximum absolute atomic E-state index is 12.0. The molecule has 2 aromatic rings. The molecule has 1 unspecified atom stereocenters. The summed E-state index contributed by atoms with van der Waals surface area (Å²) in [4.78, 5) is 12.0. The third-order valence-electron chi connectivity index (χ3n) is 4.90. The smallest absolute Gasteiger partial charge is 0.222 e. The largest absolute Gasteiger partial charge is 0.372 e. The van der Waals surface area contributed by atoms with Gasteiger partial charge in [-0.1, -0.05) is 5.21 Å². The molecule has 2 fully saturated rings. The summed E-state index contributed by atoms with van der Waals surface area (Å²) in [6.45, 7) is 1.54. The molecular formula is C17H23N5O2. The van der Waals surface area contributed by atoms with E-state index in [0.29, 0.717) is 12.5 Å². The van der Waals surface area contributed by atoms with Gasteiger partial charge in [0.25, 0.3) is 0 Å². The highest BCUT2D eigenvalue weighted by atomic mass is 16.5. The molecule has 128 valence electrons. The lowest BCUT2D eigenvalue weighted by Crippen LogP contribution is -2.45. The quantitative estimate of drug-likeness (QED) is 0.877. The van der Waals surface area contributed by atoms with E-state index in [1.54, 1.807) is 0 Å². The van der Waals surface area contributed by atoms with E-state index in [9.17, 15) is 4.79 Å². The Kier molecular flexibility index (Phi) is 4.34. The van der Waals surface area contributed by atoms with Crippen LogP contribution in [0, 0.1) is 0 Å². The molecule has 0 aromatic carbocycles. The number of amides is 1. The van der Waals surface area contributed by atoms with Crippen molar-refractivity contribution < 1.29 is 9.53 Å². The molecule has 0 spiro atoms. The number of rotatable bonds is 6. The van der Waals surface area contributed by atoms with Crippen LogP contribution in [0.25, 0.3) is 0 Å². The first-order valence-electron chi connectivity index (χ1n) is 8.71. The van der Waals surface area contributed by atoms with Gasteiger partial charge in [0.1, 0.15) is 11.8 Å². The van der Waals surface area contributed by atoms with Gasteiger partial charge in [-0.15, -0.1) is 5.10 Å². The van der Waals surface area contributed by atoms with Crippen LogP contribution in [-0.4, -0.2) is 38.1 Å². The van der Waals surface area contributed by atoms with Gasteiger partial charge in [0.05, 0.1) is 12.2 Å². The first kappa shape index (κ1) is 15.4. The molecule has 1 N–H and O–H groups in total. The maximum Gasteiger partial charge on any atom is 0.222 e. The summed E-state index contributed by atoms with van der Waals surface area (Å²) in [6.07, 6.45) is 10.6. The van der Waals surface area contributed by atoms with Crippen molar-refractivity contribution in [2.75, 3.05) is 6.61 Å². The Morgan fingerprint density at radius 2 is 2.17 bits per heavy atom. The number of nitrogens with zero attached hydrogens (tertiary/aromatic N) is 4. The van der Waals surface area contributed by atoms with Crippen LogP contribution in [0.2, 0.25) is 0 Å². The Balaban J connectivity index is 1.21. The minimum absolute atomic E-state index is 0.114. The summed E-state index contributed by atoms with van der Waals surface area (Å²) in [5.41, 5.74) is 0.937. The molecule has 1 atom stereocenters. The van der Waals surface area contributed by atoms with Crippen LogP contribution >= 0.6 is 0 Å². The van der Waals surface area contributed by atoms with E-state index in [1.807, 2.05) is 40.0 Å². The highest BCUT2D eigenvalue weighted by Gasteiger charge is 2.33. The summed E-state index contributed by atoms with van der Waals surface area (Å²) >= 11 is 0.